The van der Waals surface area contributed by atoms with Crippen molar-refractivity contribution in [1.82, 2.24) is 14.8 Å². The fourth-order valence-corrected chi connectivity index (χ4v) is 2.63. The molecule has 1 unspecified atom stereocenters. The zero-order valence-electron chi connectivity index (χ0n) is 13.2. The van der Waals surface area contributed by atoms with Crippen LogP contribution < -0.4 is 5.32 Å². The number of nitrogens with one attached hydrogen (secondary N) is 1. The molecule has 1 aliphatic heterocycles. The van der Waals surface area contributed by atoms with Crippen molar-refractivity contribution in [2.24, 2.45) is 5.10 Å². The predicted octanol–water partition coefficient (Wildman–Crippen LogP) is 1.82. The van der Waals surface area contributed by atoms with Crippen LogP contribution in [0.3, 0.4) is 0 Å². The quantitative estimate of drug-likeness (QED) is 0.856. The second-order valence-corrected chi connectivity index (χ2v) is 5.64. The van der Waals surface area contributed by atoms with Crippen molar-refractivity contribution in [2.75, 3.05) is 11.9 Å². The molecule has 118 valence electrons. The average molecular weight is 311 g/mol. The Kier molecular flexibility index (Phi) is 4.03. The van der Waals surface area contributed by atoms with E-state index in [1.54, 1.807) is 17.2 Å². The number of carbonyl (C=O) groups excluding carboxylic acids is 1. The molecule has 1 aromatic heterocycles. The summed E-state index contributed by atoms with van der Waals surface area (Å²) < 4.78 is 1.80. The zero-order valence-corrected chi connectivity index (χ0v) is 13.2. The van der Waals surface area contributed by atoms with E-state index in [4.69, 9.17) is 0 Å². The van der Waals surface area contributed by atoms with Crippen molar-refractivity contribution in [1.29, 1.82) is 0 Å². The minimum atomic E-state index is -0.0915. The van der Waals surface area contributed by atoms with E-state index in [-0.39, 0.29) is 17.0 Å². The second-order valence-electron chi connectivity index (χ2n) is 5.64. The highest BCUT2D eigenvalue weighted by Gasteiger charge is 2.32. The van der Waals surface area contributed by atoms with Crippen LogP contribution in [0.5, 0.6) is 0 Å². The number of allylic oxidation sites excluding steroid dienone is 1. The molecule has 1 aliphatic rings. The molecule has 0 bridgehead atoms. The summed E-state index contributed by atoms with van der Waals surface area (Å²) in [6.45, 7) is 4.58. The van der Waals surface area contributed by atoms with Gasteiger partial charge in [0.05, 0.1) is 6.21 Å². The number of benzene rings is 1. The minimum absolute atomic E-state index is 0.0915. The Hall–Kier alpha value is -2.80. The van der Waals surface area contributed by atoms with E-state index in [0.29, 0.717) is 6.67 Å². The summed E-state index contributed by atoms with van der Waals surface area (Å²) in [5.74, 6) is -0.0915. The number of amides is 1. The summed E-state index contributed by atoms with van der Waals surface area (Å²) in [6.07, 6.45) is 8.50. The summed E-state index contributed by atoms with van der Waals surface area (Å²) in [4.78, 5) is 16.5. The Morgan fingerprint density at radius 1 is 1.30 bits per heavy atom. The Bertz CT molecular complexity index is 731. The van der Waals surface area contributed by atoms with Gasteiger partial charge in [-0.25, -0.2) is 4.98 Å². The van der Waals surface area contributed by atoms with Crippen molar-refractivity contribution in [3.63, 3.8) is 0 Å². The lowest BCUT2D eigenvalue weighted by Crippen LogP contribution is -2.43. The molecule has 2 heterocycles. The average Bonchev–Trinajstić information content (AvgIpc) is 3.16. The molecule has 1 N–H and O–H groups in total. The Balaban J connectivity index is 1.75. The number of carbonyl (C=O) groups is 1. The Morgan fingerprint density at radius 2 is 2.09 bits per heavy atom. The summed E-state index contributed by atoms with van der Waals surface area (Å²) >= 11 is 0. The van der Waals surface area contributed by atoms with Gasteiger partial charge >= 0.3 is 0 Å². The first kappa shape index (κ1) is 15.1. The molecule has 1 amide bonds. The molecule has 3 rings (SSSR count). The molecule has 23 heavy (non-hydrogen) atoms. The minimum Gasteiger partial charge on any atom is -0.321 e. The largest absolute Gasteiger partial charge is 0.321 e. The first-order valence-electron chi connectivity index (χ1n) is 7.37. The summed E-state index contributed by atoms with van der Waals surface area (Å²) in [6, 6.07) is 5.94. The molecule has 7 nitrogen and oxygen atoms in total. The van der Waals surface area contributed by atoms with E-state index in [2.05, 4.69) is 20.5 Å². The molecular formula is C16H19N6O+. The van der Waals surface area contributed by atoms with E-state index >= 15 is 0 Å². The molecule has 7 heteroatoms. The van der Waals surface area contributed by atoms with Crippen LogP contribution in [0.1, 0.15) is 11.1 Å². The SMILES string of the molecule is Cc1cccc(C)c1NC(=O)C[N+]1(Cn2cncn2)C=CC=N1. The maximum absolute atomic E-state index is 12.5. The van der Waals surface area contributed by atoms with Gasteiger partial charge in [-0.05, 0) is 25.0 Å². The molecule has 0 saturated heterocycles. The molecule has 0 spiro atoms. The van der Waals surface area contributed by atoms with Crippen LogP contribution in [-0.2, 0) is 11.5 Å². The normalized spacial score (nSPS) is 19.2. The van der Waals surface area contributed by atoms with Crippen LogP contribution in [0, 0.1) is 13.8 Å². The summed E-state index contributed by atoms with van der Waals surface area (Å²) in [5, 5.41) is 11.5. The fourth-order valence-electron chi connectivity index (χ4n) is 2.63. The molecule has 0 saturated carbocycles. The molecular weight excluding hydrogens is 292 g/mol. The van der Waals surface area contributed by atoms with Crippen LogP contribution in [0.4, 0.5) is 5.69 Å². The number of aryl methyl sites for hydroxylation is 2. The van der Waals surface area contributed by atoms with Crippen molar-refractivity contribution in [3.8, 4) is 0 Å². The highest BCUT2D eigenvalue weighted by atomic mass is 16.2. The first-order valence-corrected chi connectivity index (χ1v) is 7.37. The van der Waals surface area contributed by atoms with E-state index in [1.807, 2.05) is 44.3 Å². The van der Waals surface area contributed by atoms with Gasteiger partial charge in [0, 0.05) is 11.8 Å². The van der Waals surface area contributed by atoms with Crippen LogP contribution in [0.2, 0.25) is 0 Å². The number of nitrogens with zero attached hydrogens (tertiary/aromatic N) is 5. The second kappa shape index (κ2) is 6.13. The van der Waals surface area contributed by atoms with Crippen LogP contribution in [-0.4, -0.2) is 38.0 Å². The maximum atomic E-state index is 12.5. The predicted molar refractivity (Wildman–Crippen MR) is 87.3 cm³/mol. The Labute approximate surface area is 134 Å². The first-order chi connectivity index (χ1) is 11.1. The van der Waals surface area contributed by atoms with Crippen LogP contribution in [0.25, 0.3) is 0 Å². The van der Waals surface area contributed by atoms with Crippen LogP contribution >= 0.6 is 0 Å². The van der Waals surface area contributed by atoms with Gasteiger partial charge in [0.1, 0.15) is 18.9 Å². The van der Waals surface area contributed by atoms with E-state index in [9.17, 15) is 4.79 Å². The van der Waals surface area contributed by atoms with Gasteiger partial charge in [0.2, 0.25) is 6.67 Å². The van der Waals surface area contributed by atoms with E-state index in [1.165, 1.54) is 6.33 Å². The lowest BCUT2D eigenvalue weighted by molar-refractivity contribution is -0.898. The topological polar surface area (TPSA) is 72.2 Å². The molecule has 0 fully saturated rings. The number of hydrogen-bond acceptors (Lipinski definition) is 4. The number of anilines is 1. The Morgan fingerprint density at radius 3 is 2.70 bits per heavy atom. The standard InChI is InChI=1S/C16H18N6O/c1-13-5-3-6-14(2)16(13)20-15(23)9-22(8-4-7-19-22)12-21-11-17-10-18-21/h3-8,10-11H,9,12H2,1-2H3/p+1. The number of para-hydroxylation sites is 1. The third-order valence-electron chi connectivity index (χ3n) is 3.77. The van der Waals surface area contributed by atoms with Gasteiger partial charge < -0.3 is 5.32 Å². The number of hydrogen-bond donors (Lipinski definition) is 1. The molecule has 0 radical (unpaired) electrons. The molecule has 2 aromatic rings. The smallest absolute Gasteiger partial charge is 0.282 e. The third-order valence-corrected chi connectivity index (χ3v) is 3.77. The van der Waals surface area contributed by atoms with Crippen molar-refractivity contribution >= 4 is 17.8 Å². The van der Waals surface area contributed by atoms with Gasteiger partial charge in [-0.1, -0.05) is 23.3 Å². The van der Waals surface area contributed by atoms with Gasteiger partial charge in [-0.2, -0.15) is 9.78 Å². The van der Waals surface area contributed by atoms with Crippen LogP contribution in [0.15, 0.2) is 48.2 Å². The van der Waals surface area contributed by atoms with Crippen molar-refractivity contribution < 1.29 is 9.39 Å². The lowest BCUT2D eigenvalue weighted by atomic mass is 10.1. The van der Waals surface area contributed by atoms with Gasteiger partial charge in [0.25, 0.3) is 5.91 Å². The van der Waals surface area contributed by atoms with Gasteiger partial charge in [0.15, 0.2) is 6.54 Å². The van der Waals surface area contributed by atoms with Crippen molar-refractivity contribution in [3.05, 3.63) is 54.3 Å². The van der Waals surface area contributed by atoms with Gasteiger partial charge in [-0.15, -0.1) is 4.59 Å². The third kappa shape index (κ3) is 3.35. The highest BCUT2D eigenvalue weighted by molar-refractivity contribution is 5.93. The monoisotopic (exact) mass is 311 g/mol. The van der Waals surface area contributed by atoms with E-state index in [0.717, 1.165) is 16.8 Å². The van der Waals surface area contributed by atoms with E-state index < -0.39 is 0 Å². The molecule has 1 aromatic carbocycles. The zero-order chi connectivity index (χ0) is 16.3. The number of aromatic nitrogens is 3. The molecule has 0 aliphatic carbocycles. The number of rotatable bonds is 5. The molecule has 1 atom stereocenters. The van der Waals surface area contributed by atoms with Gasteiger partial charge in [-0.3, -0.25) is 4.79 Å². The summed E-state index contributed by atoms with van der Waals surface area (Å²) in [7, 11) is 0. The fraction of sp³-hybridized carbons (Fsp3) is 0.250. The van der Waals surface area contributed by atoms with Crippen molar-refractivity contribution in [2.45, 2.75) is 20.5 Å². The maximum Gasteiger partial charge on any atom is 0.282 e. The highest BCUT2D eigenvalue weighted by Crippen LogP contribution is 2.21. The lowest BCUT2D eigenvalue weighted by Gasteiger charge is -2.25. The summed E-state index contributed by atoms with van der Waals surface area (Å²) in [5.41, 5.74) is 2.95. The number of quaternary nitrogens is 1.